The number of fused-ring (bicyclic) bond motifs is 13. The van der Waals surface area contributed by atoms with Crippen LogP contribution in [0, 0.1) is 51.0 Å². The predicted octanol–water partition coefficient (Wildman–Crippen LogP) is 12.5. The van der Waals surface area contributed by atoms with Crippen LogP contribution in [0.2, 0.25) is 0 Å². The fourth-order valence-corrected chi connectivity index (χ4v) is 7.80. The molecule has 4 bridgehead atoms. The van der Waals surface area contributed by atoms with Gasteiger partial charge in [0.2, 0.25) is 0 Å². The number of alkyl halides is 3. The first-order valence-corrected chi connectivity index (χ1v) is 15.9. The van der Waals surface area contributed by atoms with Gasteiger partial charge in [-0.3, -0.25) is 0 Å². The highest BCUT2D eigenvalue weighted by atomic mass is 19.4. The van der Waals surface area contributed by atoms with Gasteiger partial charge in [0.25, 0.3) is 0 Å². The Balaban J connectivity index is 1.71. The highest BCUT2D eigenvalue weighted by Gasteiger charge is 2.34. The number of nitrogens with zero attached hydrogens (tertiary/aromatic N) is 2. The van der Waals surface area contributed by atoms with Crippen LogP contribution in [0.4, 0.5) is 30.7 Å². The monoisotopic (exact) mass is 678 g/mol. The van der Waals surface area contributed by atoms with E-state index in [0.29, 0.717) is 49.2 Å². The van der Waals surface area contributed by atoms with E-state index in [1.54, 1.807) is 49.4 Å². The molecule has 0 spiro atoms. The summed E-state index contributed by atoms with van der Waals surface area (Å²) in [5.41, 5.74) is 3.19. The van der Waals surface area contributed by atoms with Crippen LogP contribution in [0.1, 0.15) is 27.8 Å². The topological polar surface area (TPSA) is 9.34 Å². The zero-order valence-electron chi connectivity index (χ0n) is 27.0. The van der Waals surface area contributed by atoms with Crippen LogP contribution < -0.4 is 0 Å². The summed E-state index contributed by atoms with van der Waals surface area (Å²) < 4.78 is 113. The van der Waals surface area contributed by atoms with Crippen LogP contribution in [-0.4, -0.2) is 8.97 Å². The largest absolute Gasteiger partial charge is 0.416 e. The average Bonchev–Trinajstić information content (AvgIpc) is 3.54. The molecule has 0 aliphatic heterocycles. The molecule has 0 saturated heterocycles. The third-order valence-electron chi connectivity index (χ3n) is 10.0. The predicted molar refractivity (Wildman–Crippen MR) is 186 cm³/mol. The molecule has 248 valence electrons. The van der Waals surface area contributed by atoms with E-state index in [2.05, 4.69) is 0 Å². The maximum atomic E-state index is 17.1. The molecule has 9 heteroatoms. The Labute approximate surface area is 279 Å². The maximum Gasteiger partial charge on any atom is 0.416 e. The number of hydrogen-bond acceptors (Lipinski definition) is 0. The Hall–Kier alpha value is -5.57. The Bertz CT molecular complexity index is 2940. The van der Waals surface area contributed by atoms with Crippen LogP contribution in [0.25, 0.3) is 76.4 Å². The molecule has 6 aromatic carbocycles. The van der Waals surface area contributed by atoms with Gasteiger partial charge in [-0.1, -0.05) is 34.9 Å². The molecular weight excluding hydrogens is 653 g/mol. The number of hydrogen-bond donors (Lipinski definition) is 0. The lowest BCUT2D eigenvalue weighted by Gasteiger charge is -2.17. The quantitative estimate of drug-likeness (QED) is 0.0929. The van der Waals surface area contributed by atoms with Crippen LogP contribution in [0.3, 0.4) is 0 Å². The third kappa shape index (κ3) is 3.97. The fraction of sp³-hybridized carbons (Fsp3) is 0.122. The second-order valence-corrected chi connectivity index (χ2v) is 13.3. The van der Waals surface area contributed by atoms with Gasteiger partial charge in [-0.2, -0.15) is 13.2 Å². The van der Waals surface area contributed by atoms with Crippen molar-refractivity contribution in [2.45, 2.75) is 33.9 Å². The summed E-state index contributed by atoms with van der Waals surface area (Å²) in [4.78, 5) is 0. The second-order valence-electron chi connectivity index (χ2n) is 13.3. The van der Waals surface area contributed by atoms with Gasteiger partial charge in [0.1, 0.15) is 5.82 Å². The van der Waals surface area contributed by atoms with Crippen LogP contribution in [0.5, 0.6) is 0 Å². The van der Waals surface area contributed by atoms with E-state index >= 15 is 30.7 Å². The van der Waals surface area contributed by atoms with Gasteiger partial charge < -0.3 is 8.97 Å². The SMILES string of the molecule is Cc1ccc2c(c1)c1cc(C)ccc1n2-c1cc(C(F)(F)F)cc2c1c1c(F)c(F)c(F)c(c1F)c1cc3c(cc1C)c1cc(C)ccc1n32. The molecule has 0 radical (unpaired) electrons. The first-order chi connectivity index (χ1) is 23.7. The molecule has 0 atom stereocenters. The normalized spacial score (nSPS) is 12.7. The molecule has 3 aromatic heterocycles. The molecule has 50 heavy (non-hydrogen) atoms. The van der Waals surface area contributed by atoms with E-state index < -0.39 is 45.8 Å². The minimum absolute atomic E-state index is 0.0401. The van der Waals surface area contributed by atoms with Crippen molar-refractivity contribution in [2.75, 3.05) is 0 Å². The lowest BCUT2D eigenvalue weighted by molar-refractivity contribution is -0.137. The summed E-state index contributed by atoms with van der Waals surface area (Å²) in [6.45, 7) is 7.25. The third-order valence-corrected chi connectivity index (χ3v) is 10.0. The van der Waals surface area contributed by atoms with Crippen molar-refractivity contribution in [3.8, 4) is 5.69 Å². The van der Waals surface area contributed by atoms with Crippen molar-refractivity contribution >= 4 is 70.7 Å². The van der Waals surface area contributed by atoms with Crippen LogP contribution in [0.15, 0.2) is 78.9 Å². The van der Waals surface area contributed by atoms with Crippen molar-refractivity contribution in [3.05, 3.63) is 130 Å². The molecule has 0 N–H and O–H groups in total. The summed E-state index contributed by atoms with van der Waals surface area (Å²) in [6.07, 6.45) is -4.90. The summed E-state index contributed by atoms with van der Waals surface area (Å²) in [5, 5.41) is 0.546. The molecule has 0 unspecified atom stereocenters. The molecule has 2 nitrogen and oxygen atoms in total. The van der Waals surface area contributed by atoms with Crippen molar-refractivity contribution in [1.29, 1.82) is 0 Å². The minimum atomic E-state index is -4.90. The summed E-state index contributed by atoms with van der Waals surface area (Å²) >= 11 is 0. The van der Waals surface area contributed by atoms with E-state index in [1.165, 1.54) is 15.0 Å². The Morgan fingerprint density at radius 2 is 0.960 bits per heavy atom. The smallest absolute Gasteiger partial charge is 0.309 e. The average molecular weight is 679 g/mol. The zero-order valence-corrected chi connectivity index (χ0v) is 27.0. The van der Waals surface area contributed by atoms with Gasteiger partial charge in [-0.15, -0.1) is 0 Å². The number of benzene rings is 6. The molecule has 0 aliphatic carbocycles. The van der Waals surface area contributed by atoms with E-state index in [4.69, 9.17) is 0 Å². The number of halogens is 7. The first-order valence-electron chi connectivity index (χ1n) is 15.9. The lowest BCUT2D eigenvalue weighted by atomic mass is 9.99. The highest BCUT2D eigenvalue weighted by molar-refractivity contribution is 6.17. The molecule has 9 rings (SSSR count). The highest BCUT2D eigenvalue weighted by Crippen LogP contribution is 2.45. The van der Waals surface area contributed by atoms with Gasteiger partial charge in [-0.05, 0) is 99.3 Å². The molecule has 0 aliphatic rings. The Morgan fingerprint density at radius 3 is 1.54 bits per heavy atom. The molecule has 0 saturated carbocycles. The summed E-state index contributed by atoms with van der Waals surface area (Å²) in [7, 11) is 0. The van der Waals surface area contributed by atoms with Gasteiger partial charge in [0.05, 0.1) is 49.6 Å². The summed E-state index contributed by atoms with van der Waals surface area (Å²) in [5.74, 6) is -6.89. The fourth-order valence-electron chi connectivity index (χ4n) is 7.80. The summed E-state index contributed by atoms with van der Waals surface area (Å²) in [6, 6.07) is 21.1. The molecule has 3 heterocycles. The zero-order chi connectivity index (χ0) is 35.1. The van der Waals surface area contributed by atoms with Gasteiger partial charge >= 0.3 is 6.18 Å². The van der Waals surface area contributed by atoms with Gasteiger partial charge in [0, 0.05) is 26.9 Å². The number of aryl methyl sites for hydroxylation is 4. The molecule has 9 aromatic rings. The van der Waals surface area contributed by atoms with E-state index in [0.717, 1.165) is 28.8 Å². The van der Waals surface area contributed by atoms with Crippen molar-refractivity contribution < 1.29 is 30.7 Å². The molecular formula is C41H25F7N2. The minimum Gasteiger partial charge on any atom is -0.309 e. The maximum absolute atomic E-state index is 17.1. The standard InChI is InChI=1S/C41H25F7N2/c1-18-5-8-28-24(11-18)25-12-19(2)6-9-29(25)49(28)32-15-22(41(46,47)48)16-33-35(32)36-37(42)34(38(43)40(45)39(36)44)23-17-31-27(14-21(23)4)26-13-20(3)7-10-30(26)50(31)33/h5-17H,1-4H3. The van der Waals surface area contributed by atoms with E-state index in [-0.39, 0.29) is 22.0 Å². The Kier molecular flexibility index (Phi) is 6.10. The first kappa shape index (κ1) is 30.5. The number of rotatable bonds is 1. The Morgan fingerprint density at radius 1 is 0.440 bits per heavy atom. The second kappa shape index (κ2) is 10.00. The van der Waals surface area contributed by atoms with E-state index in [9.17, 15) is 0 Å². The number of aromatic nitrogens is 2. The van der Waals surface area contributed by atoms with Gasteiger partial charge in [0.15, 0.2) is 17.5 Å². The molecule has 0 fully saturated rings. The van der Waals surface area contributed by atoms with Gasteiger partial charge in [-0.25, -0.2) is 17.6 Å². The van der Waals surface area contributed by atoms with Crippen molar-refractivity contribution in [1.82, 2.24) is 8.97 Å². The van der Waals surface area contributed by atoms with E-state index in [1.807, 2.05) is 39.0 Å². The van der Waals surface area contributed by atoms with Crippen LogP contribution in [-0.2, 0) is 6.18 Å². The van der Waals surface area contributed by atoms with Crippen molar-refractivity contribution in [2.24, 2.45) is 0 Å². The van der Waals surface area contributed by atoms with Crippen LogP contribution >= 0.6 is 0 Å². The molecule has 0 amide bonds. The lowest BCUT2D eigenvalue weighted by Crippen LogP contribution is -2.08. The van der Waals surface area contributed by atoms with Crippen molar-refractivity contribution in [3.63, 3.8) is 0 Å².